The van der Waals surface area contributed by atoms with Gasteiger partial charge in [-0.15, -0.1) is 17.9 Å². The van der Waals surface area contributed by atoms with E-state index in [2.05, 4.69) is 11.9 Å². The highest BCUT2D eigenvalue weighted by Gasteiger charge is 2.15. The van der Waals surface area contributed by atoms with Crippen molar-refractivity contribution in [2.24, 2.45) is 0 Å². The quantitative estimate of drug-likeness (QED) is 0.426. The fraction of sp³-hybridized carbons (Fsp3) is 0.107. The van der Waals surface area contributed by atoms with Crippen molar-refractivity contribution in [1.82, 2.24) is 9.88 Å². The van der Waals surface area contributed by atoms with Crippen molar-refractivity contribution in [1.29, 1.82) is 5.26 Å². The maximum atomic E-state index is 13.2. The minimum Gasteiger partial charge on any atom is -0.351 e. The Morgan fingerprint density at radius 1 is 1.06 bits per heavy atom. The Morgan fingerprint density at radius 3 is 2.56 bits per heavy atom. The zero-order valence-corrected chi connectivity index (χ0v) is 19.3. The molecule has 1 heterocycles. The summed E-state index contributed by atoms with van der Waals surface area (Å²) < 4.78 is 2.22. The van der Waals surface area contributed by atoms with Crippen molar-refractivity contribution in [3.05, 3.63) is 116 Å². The number of allylic oxidation sites excluding steroid dienone is 1. The molecule has 0 spiro atoms. The van der Waals surface area contributed by atoms with E-state index in [0.29, 0.717) is 22.2 Å². The summed E-state index contributed by atoms with van der Waals surface area (Å²) in [5, 5.41) is 14.7. The van der Waals surface area contributed by atoms with Gasteiger partial charge >= 0.3 is 0 Å². The van der Waals surface area contributed by atoms with Gasteiger partial charge in [-0.2, -0.15) is 5.26 Å². The van der Waals surface area contributed by atoms with Gasteiger partial charge in [0.25, 0.3) is 11.5 Å². The number of hydrogen-bond acceptors (Lipinski definition) is 4. The molecule has 34 heavy (non-hydrogen) atoms. The van der Waals surface area contributed by atoms with Crippen LogP contribution in [0.3, 0.4) is 0 Å². The van der Waals surface area contributed by atoms with Crippen molar-refractivity contribution in [2.75, 3.05) is 6.54 Å². The van der Waals surface area contributed by atoms with Gasteiger partial charge in [0.05, 0.1) is 4.53 Å². The predicted octanol–water partition coefficient (Wildman–Crippen LogP) is 3.11. The second-order valence-electron chi connectivity index (χ2n) is 7.67. The van der Waals surface area contributed by atoms with Gasteiger partial charge in [-0.05, 0) is 34.4 Å². The second-order valence-corrected chi connectivity index (χ2v) is 8.70. The molecule has 0 saturated heterocycles. The molecule has 0 aliphatic heterocycles. The van der Waals surface area contributed by atoms with Crippen LogP contribution in [0.1, 0.15) is 11.1 Å². The largest absolute Gasteiger partial charge is 0.351 e. The molecule has 0 bridgehead atoms. The summed E-state index contributed by atoms with van der Waals surface area (Å²) in [6.07, 6.45) is 4.05. The average molecular weight is 466 g/mol. The van der Waals surface area contributed by atoms with Gasteiger partial charge in [0.15, 0.2) is 5.57 Å². The molecule has 0 fully saturated rings. The van der Waals surface area contributed by atoms with Crippen LogP contribution in [0.15, 0.2) is 90.2 Å². The molecule has 0 radical (unpaired) electrons. The number of nitrogens with zero attached hydrogens (tertiary/aromatic N) is 2. The first-order valence-electron chi connectivity index (χ1n) is 10.9. The number of nitrogens with one attached hydrogen (secondary N) is 1. The molecular weight excluding hydrogens is 442 g/mol. The molecule has 0 atom stereocenters. The number of fused-ring (bicyclic) bond motifs is 1. The normalized spacial score (nSPS) is 12.3. The molecule has 1 aromatic heterocycles. The van der Waals surface area contributed by atoms with Crippen molar-refractivity contribution < 1.29 is 4.79 Å². The highest BCUT2D eigenvalue weighted by atomic mass is 32.1. The number of carbonyl (C=O) groups excluding carboxylic acids is 1. The molecule has 1 amide bonds. The summed E-state index contributed by atoms with van der Waals surface area (Å²) in [5.74, 6) is -0.491. The lowest BCUT2D eigenvalue weighted by molar-refractivity contribution is -0.115. The van der Waals surface area contributed by atoms with E-state index in [1.54, 1.807) is 6.08 Å². The minimum atomic E-state index is -0.491. The molecule has 168 valence electrons. The third-order valence-corrected chi connectivity index (χ3v) is 6.55. The number of amides is 1. The van der Waals surface area contributed by atoms with E-state index in [4.69, 9.17) is 0 Å². The van der Waals surface area contributed by atoms with Crippen LogP contribution in [0.5, 0.6) is 0 Å². The second kappa shape index (κ2) is 10.6. The van der Waals surface area contributed by atoms with Gasteiger partial charge < -0.3 is 5.32 Å². The summed E-state index contributed by atoms with van der Waals surface area (Å²) in [4.78, 5) is 26.1. The number of hydrogen-bond donors (Lipinski definition) is 1. The fourth-order valence-electron chi connectivity index (χ4n) is 3.77. The highest BCUT2D eigenvalue weighted by molar-refractivity contribution is 7.07. The predicted molar refractivity (Wildman–Crippen MR) is 138 cm³/mol. The molecule has 0 aliphatic carbocycles. The van der Waals surface area contributed by atoms with E-state index in [-0.39, 0.29) is 17.7 Å². The maximum Gasteiger partial charge on any atom is 0.269 e. The Hall–Kier alpha value is -4.21. The lowest BCUT2D eigenvalue weighted by Crippen LogP contribution is -2.35. The first kappa shape index (κ1) is 23.0. The van der Waals surface area contributed by atoms with Gasteiger partial charge in [-0.25, -0.2) is 0 Å². The van der Waals surface area contributed by atoms with E-state index < -0.39 is 5.91 Å². The summed E-state index contributed by atoms with van der Waals surface area (Å²) in [6, 6.07) is 25.7. The van der Waals surface area contributed by atoms with Crippen molar-refractivity contribution in [3.63, 3.8) is 0 Å². The lowest BCUT2D eigenvalue weighted by Gasteiger charge is -2.05. The molecule has 5 nitrogen and oxygen atoms in total. The monoisotopic (exact) mass is 465 g/mol. The molecular formula is C28H23N3O2S. The van der Waals surface area contributed by atoms with Gasteiger partial charge in [0.1, 0.15) is 10.7 Å². The molecule has 0 saturated carbocycles. The van der Waals surface area contributed by atoms with Crippen LogP contribution < -0.4 is 20.1 Å². The van der Waals surface area contributed by atoms with Gasteiger partial charge in [0, 0.05) is 13.1 Å². The van der Waals surface area contributed by atoms with Crippen molar-refractivity contribution in [2.45, 2.75) is 13.0 Å². The average Bonchev–Trinajstić information content (AvgIpc) is 3.15. The molecule has 1 N–H and O–H groups in total. The fourth-order valence-corrected chi connectivity index (χ4v) is 4.87. The molecule has 6 heteroatoms. The maximum absolute atomic E-state index is 13.2. The van der Waals surface area contributed by atoms with Gasteiger partial charge in [-0.3, -0.25) is 14.2 Å². The number of aromatic nitrogens is 1. The van der Waals surface area contributed by atoms with E-state index in [0.717, 1.165) is 33.2 Å². The molecule has 4 rings (SSSR count). The van der Waals surface area contributed by atoms with Crippen LogP contribution in [0.4, 0.5) is 0 Å². The highest BCUT2D eigenvalue weighted by Crippen LogP contribution is 2.18. The van der Waals surface area contributed by atoms with E-state index in [1.165, 1.54) is 4.57 Å². The number of carbonyl (C=O) groups is 1. The summed E-state index contributed by atoms with van der Waals surface area (Å²) in [7, 11) is 0. The van der Waals surface area contributed by atoms with Crippen LogP contribution in [0, 0.1) is 11.3 Å². The molecule has 4 aromatic rings. The summed E-state index contributed by atoms with van der Waals surface area (Å²) >= 11 is 1.15. The molecule has 3 aromatic carbocycles. The summed E-state index contributed by atoms with van der Waals surface area (Å²) in [6.45, 7) is 4.32. The zero-order valence-electron chi connectivity index (χ0n) is 18.5. The van der Waals surface area contributed by atoms with Crippen LogP contribution >= 0.6 is 11.3 Å². The smallest absolute Gasteiger partial charge is 0.269 e. The first-order chi connectivity index (χ1) is 16.6. The van der Waals surface area contributed by atoms with Gasteiger partial charge in [-0.1, -0.05) is 78.9 Å². The van der Waals surface area contributed by atoms with Crippen LogP contribution in [0.2, 0.25) is 0 Å². The van der Waals surface area contributed by atoms with Gasteiger partial charge in [0.2, 0.25) is 0 Å². The Morgan fingerprint density at radius 2 is 1.79 bits per heavy atom. The third kappa shape index (κ3) is 4.90. The number of nitriles is 1. The lowest BCUT2D eigenvalue weighted by atomic mass is 10.0. The Labute approximate surface area is 201 Å². The van der Waals surface area contributed by atoms with Crippen LogP contribution in [0.25, 0.3) is 22.4 Å². The van der Waals surface area contributed by atoms with E-state index in [1.807, 2.05) is 84.9 Å². The number of rotatable bonds is 7. The third-order valence-electron chi connectivity index (χ3n) is 5.42. The SMILES string of the molecule is C=CCn1c(=O)/c(=C\c2cccc3ccccc23)s/c1=C(/C#N)C(=O)NCCc1ccccc1. The Bertz CT molecular complexity index is 1570. The van der Waals surface area contributed by atoms with Crippen molar-refractivity contribution >= 4 is 39.7 Å². The van der Waals surface area contributed by atoms with E-state index >= 15 is 0 Å². The Kier molecular flexibility index (Phi) is 7.16. The number of benzene rings is 3. The van der Waals surface area contributed by atoms with Crippen LogP contribution in [-0.2, 0) is 17.8 Å². The standard InChI is InChI=1S/C28H23N3O2S/c1-2-17-31-27(33)25(18-22-13-8-12-21-11-6-7-14-23(21)22)34-28(31)24(19-29)26(32)30-16-15-20-9-4-3-5-10-20/h2-14,18H,1,15-17H2,(H,30,32)/b25-18+,28-24-. The zero-order chi connectivity index (χ0) is 23.9. The molecule has 0 unspecified atom stereocenters. The summed E-state index contributed by atoms with van der Waals surface area (Å²) in [5.41, 5.74) is 1.67. The minimum absolute atomic E-state index is 0.0745. The number of thiazole rings is 1. The van der Waals surface area contributed by atoms with E-state index in [9.17, 15) is 14.9 Å². The topological polar surface area (TPSA) is 74.9 Å². The van der Waals surface area contributed by atoms with Crippen LogP contribution in [-0.4, -0.2) is 17.0 Å². The van der Waals surface area contributed by atoms with Crippen molar-refractivity contribution in [3.8, 4) is 6.07 Å². The Balaban J connectivity index is 1.76. The molecule has 0 aliphatic rings. The first-order valence-corrected chi connectivity index (χ1v) is 11.7.